The zero-order valence-corrected chi connectivity index (χ0v) is 17.2. The molecule has 0 spiro atoms. The van der Waals surface area contributed by atoms with Crippen LogP contribution in [0.25, 0.3) is 0 Å². The fraction of sp³-hybridized carbons (Fsp3) is 0.364. The molecular weight excluding hydrogens is 374 g/mol. The smallest absolute Gasteiger partial charge is 0.229 e. The lowest BCUT2D eigenvalue weighted by Gasteiger charge is -2.25. The first-order valence-electron chi connectivity index (χ1n) is 9.54. The molecule has 2 aromatic rings. The molecule has 0 saturated carbocycles. The SMILES string of the molecule is CCNCc1ccccc1NC(=O)C1CC(=O)N(C(C)c2ccccc2)C1.Cl. The number of carbonyl (C=O) groups is 2. The monoisotopic (exact) mass is 401 g/mol. The Balaban J connectivity index is 0.00000280. The highest BCUT2D eigenvalue weighted by Crippen LogP contribution is 2.29. The summed E-state index contributed by atoms with van der Waals surface area (Å²) in [6, 6.07) is 17.7. The first-order valence-corrected chi connectivity index (χ1v) is 9.54. The van der Waals surface area contributed by atoms with Crippen molar-refractivity contribution in [2.24, 2.45) is 5.92 Å². The molecule has 0 aromatic heterocycles. The molecule has 0 radical (unpaired) electrons. The molecule has 2 unspecified atom stereocenters. The number of nitrogens with one attached hydrogen (secondary N) is 2. The number of nitrogens with zero attached hydrogens (tertiary/aromatic N) is 1. The highest BCUT2D eigenvalue weighted by atomic mass is 35.5. The molecule has 0 aliphatic carbocycles. The van der Waals surface area contributed by atoms with Crippen LogP contribution in [-0.2, 0) is 16.1 Å². The molecule has 1 heterocycles. The van der Waals surface area contributed by atoms with E-state index in [0.717, 1.165) is 23.4 Å². The summed E-state index contributed by atoms with van der Waals surface area (Å²) in [5.74, 6) is -0.377. The average molecular weight is 402 g/mol. The van der Waals surface area contributed by atoms with Crippen molar-refractivity contribution < 1.29 is 9.59 Å². The molecular formula is C22H28ClN3O2. The van der Waals surface area contributed by atoms with Crippen molar-refractivity contribution >= 4 is 29.9 Å². The van der Waals surface area contributed by atoms with Gasteiger partial charge in [-0.15, -0.1) is 12.4 Å². The van der Waals surface area contributed by atoms with Crippen molar-refractivity contribution in [3.8, 4) is 0 Å². The Bertz CT molecular complexity index is 797. The van der Waals surface area contributed by atoms with Gasteiger partial charge in [0.15, 0.2) is 0 Å². The molecule has 3 rings (SSSR count). The highest BCUT2D eigenvalue weighted by Gasteiger charge is 2.37. The number of amides is 2. The van der Waals surface area contributed by atoms with E-state index in [1.807, 2.05) is 73.3 Å². The van der Waals surface area contributed by atoms with Crippen LogP contribution in [0.15, 0.2) is 54.6 Å². The number of carbonyl (C=O) groups excluding carboxylic acids is 2. The van der Waals surface area contributed by atoms with Crippen molar-refractivity contribution in [1.29, 1.82) is 0 Å². The van der Waals surface area contributed by atoms with Crippen molar-refractivity contribution in [3.63, 3.8) is 0 Å². The molecule has 0 bridgehead atoms. The molecule has 1 aliphatic heterocycles. The van der Waals surface area contributed by atoms with Crippen molar-refractivity contribution in [1.82, 2.24) is 10.2 Å². The molecule has 1 aliphatic rings. The second-order valence-corrected chi connectivity index (χ2v) is 6.96. The number of rotatable bonds is 7. The summed E-state index contributed by atoms with van der Waals surface area (Å²) < 4.78 is 0. The van der Waals surface area contributed by atoms with Gasteiger partial charge in [-0.1, -0.05) is 55.5 Å². The van der Waals surface area contributed by atoms with Crippen LogP contribution in [0.2, 0.25) is 0 Å². The number of hydrogen-bond acceptors (Lipinski definition) is 3. The Labute approximate surface area is 172 Å². The Morgan fingerprint density at radius 1 is 1.14 bits per heavy atom. The number of para-hydroxylation sites is 1. The van der Waals surface area contributed by atoms with Gasteiger partial charge >= 0.3 is 0 Å². The molecule has 2 amide bonds. The van der Waals surface area contributed by atoms with E-state index in [2.05, 4.69) is 10.6 Å². The van der Waals surface area contributed by atoms with E-state index in [9.17, 15) is 9.59 Å². The van der Waals surface area contributed by atoms with E-state index in [4.69, 9.17) is 0 Å². The fourth-order valence-corrected chi connectivity index (χ4v) is 3.48. The van der Waals surface area contributed by atoms with Crippen LogP contribution < -0.4 is 10.6 Å². The summed E-state index contributed by atoms with van der Waals surface area (Å²) in [6.07, 6.45) is 0.262. The van der Waals surface area contributed by atoms with Crippen LogP contribution in [0.3, 0.4) is 0 Å². The van der Waals surface area contributed by atoms with Crippen LogP contribution >= 0.6 is 12.4 Å². The van der Waals surface area contributed by atoms with Crippen LogP contribution in [0, 0.1) is 5.92 Å². The molecule has 150 valence electrons. The number of benzene rings is 2. The third kappa shape index (κ3) is 5.12. The molecule has 1 saturated heterocycles. The number of hydrogen-bond donors (Lipinski definition) is 2. The lowest BCUT2D eigenvalue weighted by Crippen LogP contribution is -2.30. The predicted octanol–water partition coefficient (Wildman–Crippen LogP) is 3.77. The molecule has 6 heteroatoms. The van der Waals surface area contributed by atoms with Gasteiger partial charge in [-0.25, -0.2) is 0 Å². The summed E-state index contributed by atoms with van der Waals surface area (Å²) >= 11 is 0. The number of anilines is 1. The molecule has 1 fully saturated rings. The second-order valence-electron chi connectivity index (χ2n) is 6.96. The van der Waals surface area contributed by atoms with Gasteiger partial charge in [0.05, 0.1) is 12.0 Å². The van der Waals surface area contributed by atoms with E-state index in [1.165, 1.54) is 0 Å². The summed E-state index contributed by atoms with van der Waals surface area (Å²) in [4.78, 5) is 27.1. The third-order valence-electron chi connectivity index (χ3n) is 5.12. The Kier molecular flexibility index (Phi) is 8.03. The summed E-state index contributed by atoms with van der Waals surface area (Å²) in [5.41, 5.74) is 2.94. The maximum Gasteiger partial charge on any atom is 0.229 e. The maximum absolute atomic E-state index is 12.8. The first-order chi connectivity index (χ1) is 13.1. The van der Waals surface area contributed by atoms with E-state index < -0.39 is 0 Å². The van der Waals surface area contributed by atoms with Gasteiger partial charge in [0.25, 0.3) is 0 Å². The quantitative estimate of drug-likeness (QED) is 0.742. The normalized spacial score (nSPS) is 17.1. The first kappa shape index (κ1) is 21.9. The minimum Gasteiger partial charge on any atom is -0.335 e. The van der Waals surface area contributed by atoms with E-state index in [0.29, 0.717) is 13.1 Å². The van der Waals surface area contributed by atoms with E-state index in [1.54, 1.807) is 0 Å². The maximum atomic E-state index is 12.8. The van der Waals surface area contributed by atoms with Crippen molar-refractivity contribution in [2.45, 2.75) is 32.9 Å². The summed E-state index contributed by atoms with van der Waals surface area (Å²) in [6.45, 7) is 6.09. The lowest BCUT2D eigenvalue weighted by atomic mass is 10.1. The molecule has 2 aromatic carbocycles. The van der Waals surface area contributed by atoms with Crippen LogP contribution in [0.5, 0.6) is 0 Å². The Hall–Kier alpha value is -2.37. The van der Waals surface area contributed by atoms with Gasteiger partial charge in [0.1, 0.15) is 0 Å². The molecule has 5 nitrogen and oxygen atoms in total. The lowest BCUT2D eigenvalue weighted by molar-refractivity contribution is -0.129. The zero-order valence-electron chi connectivity index (χ0n) is 16.4. The Morgan fingerprint density at radius 3 is 2.54 bits per heavy atom. The average Bonchev–Trinajstić information content (AvgIpc) is 3.09. The second kappa shape index (κ2) is 10.2. The minimum atomic E-state index is -0.323. The van der Waals surface area contributed by atoms with Gasteiger partial charge in [0, 0.05) is 25.2 Å². The van der Waals surface area contributed by atoms with Crippen molar-refractivity contribution in [3.05, 3.63) is 65.7 Å². The van der Waals surface area contributed by atoms with E-state index in [-0.39, 0.29) is 42.6 Å². The largest absolute Gasteiger partial charge is 0.335 e. The summed E-state index contributed by atoms with van der Waals surface area (Å²) in [7, 11) is 0. The summed E-state index contributed by atoms with van der Waals surface area (Å²) in [5, 5.41) is 6.30. The third-order valence-corrected chi connectivity index (χ3v) is 5.12. The molecule has 2 N–H and O–H groups in total. The number of likely N-dealkylation sites (tertiary alicyclic amines) is 1. The highest BCUT2D eigenvalue weighted by molar-refractivity contribution is 5.97. The standard InChI is InChI=1S/C22H27N3O2.ClH/c1-3-23-14-18-11-7-8-12-20(18)24-22(27)19-13-21(26)25(15-19)16(2)17-9-5-4-6-10-17;/h4-12,16,19,23H,3,13-15H2,1-2H3,(H,24,27);1H. The van der Waals surface area contributed by atoms with Gasteiger partial charge < -0.3 is 15.5 Å². The van der Waals surface area contributed by atoms with Gasteiger partial charge in [-0.2, -0.15) is 0 Å². The minimum absolute atomic E-state index is 0. The van der Waals surface area contributed by atoms with Crippen LogP contribution in [-0.4, -0.2) is 29.8 Å². The Morgan fingerprint density at radius 2 is 1.82 bits per heavy atom. The fourth-order valence-electron chi connectivity index (χ4n) is 3.48. The van der Waals surface area contributed by atoms with Gasteiger partial charge in [0.2, 0.25) is 11.8 Å². The van der Waals surface area contributed by atoms with Crippen LogP contribution in [0.4, 0.5) is 5.69 Å². The predicted molar refractivity (Wildman–Crippen MR) is 114 cm³/mol. The number of halogens is 1. The topological polar surface area (TPSA) is 61.4 Å². The van der Waals surface area contributed by atoms with Gasteiger partial charge in [-0.05, 0) is 30.7 Å². The molecule has 28 heavy (non-hydrogen) atoms. The van der Waals surface area contributed by atoms with Gasteiger partial charge in [-0.3, -0.25) is 9.59 Å². The zero-order chi connectivity index (χ0) is 19.2. The van der Waals surface area contributed by atoms with E-state index >= 15 is 0 Å². The van der Waals surface area contributed by atoms with Crippen LogP contribution in [0.1, 0.15) is 37.4 Å². The van der Waals surface area contributed by atoms with Crippen molar-refractivity contribution in [2.75, 3.05) is 18.4 Å². The molecule has 2 atom stereocenters.